The fourth-order valence-electron chi connectivity index (χ4n) is 1.94. The van der Waals surface area contributed by atoms with Crippen molar-refractivity contribution < 1.29 is 14.3 Å². The standard InChI is InChI=1S/C14H10FNO2S/c15-10-6-9-11(16-14(18)13(9)17)7-12(10)19-8-4-2-1-3-5-8/h1-7,13,17H,(H,16,18). The topological polar surface area (TPSA) is 49.3 Å². The highest BCUT2D eigenvalue weighted by molar-refractivity contribution is 7.99. The van der Waals surface area contributed by atoms with E-state index in [1.54, 1.807) is 6.07 Å². The van der Waals surface area contributed by atoms with E-state index in [0.717, 1.165) is 4.90 Å². The quantitative estimate of drug-likeness (QED) is 0.886. The van der Waals surface area contributed by atoms with Gasteiger partial charge in [0.1, 0.15) is 5.82 Å². The molecule has 0 saturated carbocycles. The molecule has 0 fully saturated rings. The summed E-state index contributed by atoms with van der Waals surface area (Å²) in [5.41, 5.74) is 0.761. The number of carbonyl (C=O) groups excluding carboxylic acids is 1. The van der Waals surface area contributed by atoms with Gasteiger partial charge < -0.3 is 10.4 Å². The Hall–Kier alpha value is -1.85. The molecule has 0 spiro atoms. The third kappa shape index (κ3) is 2.22. The van der Waals surface area contributed by atoms with Crippen LogP contribution < -0.4 is 5.32 Å². The summed E-state index contributed by atoms with van der Waals surface area (Å²) in [6, 6.07) is 12.2. The number of amides is 1. The van der Waals surface area contributed by atoms with E-state index >= 15 is 0 Å². The fraction of sp³-hybridized carbons (Fsp3) is 0.0714. The van der Waals surface area contributed by atoms with Crippen LogP contribution in [0.1, 0.15) is 11.7 Å². The molecule has 0 saturated heterocycles. The van der Waals surface area contributed by atoms with Gasteiger partial charge in [0.2, 0.25) is 0 Å². The lowest BCUT2D eigenvalue weighted by molar-refractivity contribution is -0.123. The Morgan fingerprint density at radius 2 is 1.95 bits per heavy atom. The number of carbonyl (C=O) groups is 1. The van der Waals surface area contributed by atoms with Crippen molar-refractivity contribution in [3.05, 3.63) is 53.8 Å². The molecule has 0 aliphatic carbocycles. The van der Waals surface area contributed by atoms with Gasteiger partial charge in [0, 0.05) is 16.1 Å². The highest BCUT2D eigenvalue weighted by Gasteiger charge is 2.29. The molecule has 1 aliphatic rings. The maximum absolute atomic E-state index is 14.0. The fourth-order valence-corrected chi connectivity index (χ4v) is 2.82. The Bertz CT molecular complexity index is 645. The van der Waals surface area contributed by atoms with Crippen LogP contribution in [-0.2, 0) is 4.79 Å². The van der Waals surface area contributed by atoms with Gasteiger partial charge in [-0.15, -0.1) is 0 Å². The first kappa shape index (κ1) is 12.2. The summed E-state index contributed by atoms with van der Waals surface area (Å²) in [7, 11) is 0. The average molecular weight is 275 g/mol. The van der Waals surface area contributed by atoms with Crippen molar-refractivity contribution >= 4 is 23.4 Å². The third-order valence-corrected chi connectivity index (χ3v) is 3.92. The van der Waals surface area contributed by atoms with Gasteiger partial charge in [-0.25, -0.2) is 4.39 Å². The van der Waals surface area contributed by atoms with Crippen LogP contribution in [0.25, 0.3) is 0 Å². The lowest BCUT2D eigenvalue weighted by Gasteiger charge is -2.07. The molecule has 2 aromatic carbocycles. The molecule has 1 atom stereocenters. The largest absolute Gasteiger partial charge is 0.378 e. The monoisotopic (exact) mass is 275 g/mol. The Labute approximate surface area is 113 Å². The zero-order chi connectivity index (χ0) is 13.4. The minimum atomic E-state index is -1.28. The molecular weight excluding hydrogens is 265 g/mol. The molecule has 3 rings (SSSR count). The molecule has 0 aromatic heterocycles. The van der Waals surface area contributed by atoms with E-state index in [2.05, 4.69) is 5.32 Å². The summed E-state index contributed by atoms with van der Waals surface area (Å²) in [4.78, 5) is 12.6. The van der Waals surface area contributed by atoms with Gasteiger partial charge >= 0.3 is 0 Å². The van der Waals surface area contributed by atoms with Gasteiger partial charge in [0.05, 0.1) is 4.90 Å². The van der Waals surface area contributed by atoms with Gasteiger partial charge in [-0.2, -0.15) is 0 Å². The second kappa shape index (κ2) is 4.68. The zero-order valence-electron chi connectivity index (χ0n) is 9.76. The first-order valence-electron chi connectivity index (χ1n) is 5.70. The molecule has 5 heteroatoms. The summed E-state index contributed by atoms with van der Waals surface area (Å²) >= 11 is 1.27. The first-order valence-corrected chi connectivity index (χ1v) is 6.52. The summed E-state index contributed by atoms with van der Waals surface area (Å²) in [5.74, 6) is -0.959. The van der Waals surface area contributed by atoms with Crippen molar-refractivity contribution in [2.45, 2.75) is 15.9 Å². The minimum absolute atomic E-state index is 0.292. The van der Waals surface area contributed by atoms with Crippen LogP contribution in [0.4, 0.5) is 10.1 Å². The van der Waals surface area contributed by atoms with Crippen molar-refractivity contribution in [1.82, 2.24) is 0 Å². The first-order chi connectivity index (χ1) is 9.15. The number of nitrogens with one attached hydrogen (secondary N) is 1. The predicted octanol–water partition coefficient (Wildman–Crippen LogP) is 2.96. The number of hydrogen-bond donors (Lipinski definition) is 2. The normalized spacial score (nSPS) is 17.2. The molecule has 3 nitrogen and oxygen atoms in total. The third-order valence-electron chi connectivity index (χ3n) is 2.88. The van der Waals surface area contributed by atoms with E-state index in [4.69, 9.17) is 0 Å². The van der Waals surface area contributed by atoms with Crippen LogP contribution in [0, 0.1) is 5.82 Å². The van der Waals surface area contributed by atoms with Gasteiger partial charge in [-0.05, 0) is 24.3 Å². The molecule has 2 N–H and O–H groups in total. The maximum Gasteiger partial charge on any atom is 0.257 e. The van der Waals surface area contributed by atoms with Crippen LogP contribution in [-0.4, -0.2) is 11.0 Å². The van der Waals surface area contributed by atoms with Gasteiger partial charge in [-0.1, -0.05) is 30.0 Å². The van der Waals surface area contributed by atoms with Gasteiger partial charge in [-0.3, -0.25) is 4.79 Å². The number of aliphatic hydroxyl groups excluding tert-OH is 1. The SMILES string of the molecule is O=C1Nc2cc(Sc3ccccc3)c(F)cc2C1O. The lowest BCUT2D eigenvalue weighted by Crippen LogP contribution is -2.10. The average Bonchev–Trinajstić information content (AvgIpc) is 2.67. The summed E-state index contributed by atoms with van der Waals surface area (Å²) in [5, 5.41) is 12.1. The summed E-state index contributed by atoms with van der Waals surface area (Å²) in [6.07, 6.45) is -1.28. The second-order valence-corrected chi connectivity index (χ2v) is 5.29. The number of aliphatic hydroxyl groups is 1. The van der Waals surface area contributed by atoms with Crippen LogP contribution in [0.5, 0.6) is 0 Å². The number of halogens is 1. The minimum Gasteiger partial charge on any atom is -0.378 e. The van der Waals surface area contributed by atoms with E-state index in [0.29, 0.717) is 16.1 Å². The second-order valence-electron chi connectivity index (χ2n) is 4.18. The summed E-state index contributed by atoms with van der Waals surface area (Å²) < 4.78 is 14.0. The van der Waals surface area contributed by atoms with Gasteiger partial charge in [0.15, 0.2) is 6.10 Å². The number of rotatable bonds is 2. The molecule has 1 aliphatic heterocycles. The number of anilines is 1. The van der Waals surface area contributed by atoms with Crippen molar-refractivity contribution in [3.63, 3.8) is 0 Å². The molecule has 19 heavy (non-hydrogen) atoms. The highest BCUT2D eigenvalue weighted by atomic mass is 32.2. The molecular formula is C14H10FNO2S. The molecule has 96 valence electrons. The lowest BCUT2D eigenvalue weighted by atomic mass is 10.1. The molecule has 1 heterocycles. The van der Waals surface area contributed by atoms with Crippen LogP contribution >= 0.6 is 11.8 Å². The number of hydrogen-bond acceptors (Lipinski definition) is 3. The van der Waals surface area contributed by atoms with Crippen molar-refractivity contribution in [1.29, 1.82) is 0 Å². The molecule has 1 unspecified atom stereocenters. The van der Waals surface area contributed by atoms with Crippen LogP contribution in [0.15, 0.2) is 52.3 Å². The van der Waals surface area contributed by atoms with Crippen LogP contribution in [0.2, 0.25) is 0 Å². The van der Waals surface area contributed by atoms with Crippen molar-refractivity contribution in [2.24, 2.45) is 0 Å². The van der Waals surface area contributed by atoms with Crippen molar-refractivity contribution in [2.75, 3.05) is 5.32 Å². The highest BCUT2D eigenvalue weighted by Crippen LogP contribution is 2.38. The van der Waals surface area contributed by atoms with E-state index < -0.39 is 17.8 Å². The molecule has 0 bridgehead atoms. The summed E-state index contributed by atoms with van der Waals surface area (Å²) in [6.45, 7) is 0. The zero-order valence-corrected chi connectivity index (χ0v) is 10.6. The van der Waals surface area contributed by atoms with E-state index in [1.807, 2.05) is 30.3 Å². The van der Waals surface area contributed by atoms with Crippen LogP contribution in [0.3, 0.4) is 0 Å². The predicted molar refractivity (Wildman–Crippen MR) is 70.6 cm³/mol. The Morgan fingerprint density at radius 3 is 2.68 bits per heavy atom. The maximum atomic E-state index is 14.0. The van der Waals surface area contributed by atoms with Gasteiger partial charge in [0.25, 0.3) is 5.91 Å². The molecule has 0 radical (unpaired) electrons. The Balaban J connectivity index is 1.97. The van der Waals surface area contributed by atoms with Crippen molar-refractivity contribution in [3.8, 4) is 0 Å². The van der Waals surface area contributed by atoms with E-state index in [-0.39, 0.29) is 0 Å². The Morgan fingerprint density at radius 1 is 1.21 bits per heavy atom. The van der Waals surface area contributed by atoms with E-state index in [9.17, 15) is 14.3 Å². The molecule has 1 amide bonds. The Kier molecular flexibility index (Phi) is 3.00. The number of benzene rings is 2. The number of fused-ring (bicyclic) bond motifs is 1. The smallest absolute Gasteiger partial charge is 0.257 e. The van der Waals surface area contributed by atoms with E-state index in [1.165, 1.54) is 17.8 Å². The molecule has 2 aromatic rings.